The molecule has 1 saturated carbocycles. The predicted molar refractivity (Wildman–Crippen MR) is 110 cm³/mol. The van der Waals surface area contributed by atoms with E-state index in [1.807, 2.05) is 18.2 Å². The Balaban J connectivity index is 1.75. The molecule has 0 aliphatic heterocycles. The number of methoxy groups -OCH3 is 1. The number of aromatic nitrogens is 1. The minimum atomic E-state index is 0.0852. The standard InChI is InChI=1S/C22H22N2O2Se/c1-26-19-14-18(24-22(25)15-8-5-6-9-15)20-17(12-7-13-23-20)21(19)27-16-10-3-2-4-11-16/h2-4,7,10-15H,5-6,8-9H2,1H3,(H,24,25). The normalized spacial score (nSPS) is 14.4. The van der Waals surface area contributed by atoms with Crippen LogP contribution in [0.1, 0.15) is 25.7 Å². The average Bonchev–Trinajstić information content (AvgIpc) is 3.25. The van der Waals surface area contributed by atoms with Crippen LogP contribution >= 0.6 is 0 Å². The molecule has 27 heavy (non-hydrogen) atoms. The summed E-state index contributed by atoms with van der Waals surface area (Å²) < 4.78 is 8.14. The van der Waals surface area contributed by atoms with Gasteiger partial charge in [-0.25, -0.2) is 0 Å². The summed E-state index contributed by atoms with van der Waals surface area (Å²) in [6.45, 7) is 0. The average molecular weight is 425 g/mol. The SMILES string of the molecule is COc1cc(NC(=O)C2CCCC2)c2ncccc2c1[Se]c1ccccc1. The zero-order valence-corrected chi connectivity index (χ0v) is 17.0. The topological polar surface area (TPSA) is 51.2 Å². The molecule has 0 unspecified atom stereocenters. The Morgan fingerprint density at radius 1 is 1.15 bits per heavy atom. The molecule has 1 aromatic heterocycles. The van der Waals surface area contributed by atoms with Gasteiger partial charge in [0, 0.05) is 0 Å². The molecule has 1 fully saturated rings. The van der Waals surface area contributed by atoms with E-state index >= 15 is 0 Å². The summed E-state index contributed by atoms with van der Waals surface area (Å²) in [5.41, 5.74) is 1.57. The van der Waals surface area contributed by atoms with Crippen LogP contribution in [-0.4, -0.2) is 33.0 Å². The Kier molecular flexibility index (Phi) is 5.42. The van der Waals surface area contributed by atoms with Crippen LogP contribution in [0.3, 0.4) is 0 Å². The van der Waals surface area contributed by atoms with Crippen molar-refractivity contribution in [2.45, 2.75) is 25.7 Å². The van der Waals surface area contributed by atoms with Gasteiger partial charge in [-0.15, -0.1) is 0 Å². The van der Waals surface area contributed by atoms with Crippen LogP contribution in [0, 0.1) is 5.92 Å². The summed E-state index contributed by atoms with van der Waals surface area (Å²) in [4.78, 5) is 17.2. The molecule has 4 nitrogen and oxygen atoms in total. The molecule has 1 aliphatic rings. The van der Waals surface area contributed by atoms with Gasteiger partial charge in [0.1, 0.15) is 0 Å². The summed E-state index contributed by atoms with van der Waals surface area (Å²) in [6.07, 6.45) is 6.00. The van der Waals surface area contributed by atoms with Crippen molar-refractivity contribution in [3.63, 3.8) is 0 Å². The monoisotopic (exact) mass is 426 g/mol. The number of hydrogen-bond acceptors (Lipinski definition) is 3. The Morgan fingerprint density at radius 3 is 2.67 bits per heavy atom. The molecule has 2 aromatic carbocycles. The summed E-state index contributed by atoms with van der Waals surface area (Å²) in [7, 11) is 1.69. The van der Waals surface area contributed by atoms with Gasteiger partial charge in [-0.05, 0) is 0 Å². The van der Waals surface area contributed by atoms with Gasteiger partial charge in [-0.1, -0.05) is 0 Å². The molecule has 0 bridgehead atoms. The number of anilines is 1. The quantitative estimate of drug-likeness (QED) is 0.640. The number of carbonyl (C=O) groups excluding carboxylic acids is 1. The van der Waals surface area contributed by atoms with Gasteiger partial charge >= 0.3 is 165 Å². The molecule has 0 radical (unpaired) electrons. The van der Waals surface area contributed by atoms with Gasteiger partial charge in [0.2, 0.25) is 0 Å². The molecular weight excluding hydrogens is 403 g/mol. The fourth-order valence-corrected chi connectivity index (χ4v) is 5.78. The minimum absolute atomic E-state index is 0.0852. The molecule has 1 N–H and O–H groups in total. The van der Waals surface area contributed by atoms with Gasteiger partial charge in [0.25, 0.3) is 0 Å². The van der Waals surface area contributed by atoms with Crippen molar-refractivity contribution in [3.05, 3.63) is 54.7 Å². The molecule has 1 heterocycles. The second kappa shape index (κ2) is 8.12. The Labute approximate surface area is 165 Å². The molecular formula is C22H22N2O2Se. The first kappa shape index (κ1) is 18.0. The summed E-state index contributed by atoms with van der Waals surface area (Å²) in [6, 6.07) is 16.3. The van der Waals surface area contributed by atoms with Gasteiger partial charge in [0.15, 0.2) is 0 Å². The maximum atomic E-state index is 12.7. The Morgan fingerprint density at radius 2 is 1.93 bits per heavy atom. The Bertz CT molecular complexity index is 953. The van der Waals surface area contributed by atoms with Crippen LogP contribution in [0.25, 0.3) is 10.9 Å². The zero-order chi connectivity index (χ0) is 18.6. The number of nitrogens with one attached hydrogen (secondary N) is 1. The molecule has 1 aliphatic carbocycles. The number of nitrogens with zero attached hydrogens (tertiary/aromatic N) is 1. The van der Waals surface area contributed by atoms with E-state index in [1.165, 1.54) is 4.46 Å². The number of hydrogen-bond donors (Lipinski definition) is 1. The van der Waals surface area contributed by atoms with E-state index in [0.717, 1.165) is 52.5 Å². The van der Waals surface area contributed by atoms with Crippen LogP contribution in [0.5, 0.6) is 5.75 Å². The van der Waals surface area contributed by atoms with Gasteiger partial charge in [-0.3, -0.25) is 0 Å². The number of pyridine rings is 1. The van der Waals surface area contributed by atoms with E-state index in [0.29, 0.717) is 0 Å². The molecule has 138 valence electrons. The summed E-state index contributed by atoms with van der Waals surface area (Å²) >= 11 is 0.0852. The Hall–Kier alpha value is -2.36. The number of rotatable bonds is 5. The van der Waals surface area contributed by atoms with Crippen molar-refractivity contribution in [1.82, 2.24) is 4.98 Å². The molecule has 0 spiro atoms. The van der Waals surface area contributed by atoms with Crippen LogP contribution in [0.2, 0.25) is 0 Å². The van der Waals surface area contributed by atoms with Gasteiger partial charge in [0.05, 0.1) is 0 Å². The van der Waals surface area contributed by atoms with E-state index in [2.05, 4.69) is 40.6 Å². The first-order valence-electron chi connectivity index (χ1n) is 9.26. The third-order valence-corrected chi connectivity index (χ3v) is 7.35. The molecule has 1 amide bonds. The second-order valence-corrected chi connectivity index (χ2v) is 9.01. The number of benzene rings is 2. The zero-order valence-electron chi connectivity index (χ0n) is 15.3. The summed E-state index contributed by atoms with van der Waals surface area (Å²) in [5, 5.41) is 4.16. The van der Waals surface area contributed by atoms with Crippen molar-refractivity contribution < 1.29 is 9.53 Å². The number of ether oxygens (including phenoxy) is 1. The first-order chi connectivity index (χ1) is 13.3. The second-order valence-electron chi connectivity index (χ2n) is 6.74. The van der Waals surface area contributed by atoms with Crippen LogP contribution in [0.15, 0.2) is 54.7 Å². The third kappa shape index (κ3) is 3.85. The van der Waals surface area contributed by atoms with Crippen LogP contribution < -0.4 is 19.0 Å². The molecule has 0 saturated heterocycles. The van der Waals surface area contributed by atoms with E-state index in [1.54, 1.807) is 13.3 Å². The van der Waals surface area contributed by atoms with Crippen LogP contribution in [0.4, 0.5) is 5.69 Å². The van der Waals surface area contributed by atoms with Gasteiger partial charge < -0.3 is 0 Å². The van der Waals surface area contributed by atoms with Crippen molar-refractivity contribution in [1.29, 1.82) is 0 Å². The number of fused-ring (bicyclic) bond motifs is 1. The van der Waals surface area contributed by atoms with Crippen molar-refractivity contribution in [3.8, 4) is 5.75 Å². The van der Waals surface area contributed by atoms with E-state index < -0.39 is 0 Å². The number of amides is 1. The first-order valence-corrected chi connectivity index (χ1v) is 11.0. The molecule has 3 aromatic rings. The fourth-order valence-electron chi connectivity index (χ4n) is 3.58. The summed E-state index contributed by atoms with van der Waals surface area (Å²) in [5.74, 6) is 1.02. The maximum absolute atomic E-state index is 12.7. The van der Waals surface area contributed by atoms with E-state index in [9.17, 15) is 4.79 Å². The van der Waals surface area contributed by atoms with E-state index in [4.69, 9.17) is 4.74 Å². The fraction of sp³-hybridized carbons (Fsp3) is 0.273. The van der Waals surface area contributed by atoms with Crippen molar-refractivity contribution >= 4 is 46.4 Å². The molecule has 4 rings (SSSR count). The molecule has 0 atom stereocenters. The molecule has 5 heteroatoms. The third-order valence-electron chi connectivity index (χ3n) is 4.97. The van der Waals surface area contributed by atoms with Crippen molar-refractivity contribution in [2.24, 2.45) is 5.92 Å². The predicted octanol–water partition coefficient (Wildman–Crippen LogP) is 3.03. The van der Waals surface area contributed by atoms with Crippen molar-refractivity contribution in [2.75, 3.05) is 12.4 Å². The van der Waals surface area contributed by atoms with E-state index in [-0.39, 0.29) is 26.8 Å². The number of carbonyl (C=O) groups is 1. The van der Waals surface area contributed by atoms with Gasteiger partial charge in [-0.2, -0.15) is 0 Å². The van der Waals surface area contributed by atoms with Crippen LogP contribution in [-0.2, 0) is 4.79 Å².